The second-order valence-corrected chi connectivity index (χ2v) is 8.80. The zero-order chi connectivity index (χ0) is 22.2. The summed E-state index contributed by atoms with van der Waals surface area (Å²) in [6, 6.07) is 15.8. The Morgan fingerprint density at radius 2 is 1.56 bits per heavy atom. The fraction of sp³-hybridized carbons (Fsp3) is 0.346. The van der Waals surface area contributed by atoms with Gasteiger partial charge in [0, 0.05) is 5.69 Å². The molecule has 0 aromatic heterocycles. The Balaban J connectivity index is 1.41. The number of carbonyl (C=O) groups excluding carboxylic acids is 3. The molecule has 2 aromatic rings. The SMILES string of the molecule is COc1ccc(NC(=O)C[C@@H](c2ccccc2)N2C(=O)[C@@H]3[C@H](C2=O)[C@H]2C=C[C@H]3CC2)cc1. The molecule has 6 heteroatoms. The van der Waals surface area contributed by atoms with E-state index in [1.807, 2.05) is 30.3 Å². The molecule has 2 aromatic carbocycles. The first-order chi connectivity index (χ1) is 15.6. The van der Waals surface area contributed by atoms with E-state index in [1.54, 1.807) is 31.4 Å². The predicted molar refractivity (Wildman–Crippen MR) is 120 cm³/mol. The summed E-state index contributed by atoms with van der Waals surface area (Å²) in [4.78, 5) is 41.3. The third-order valence-corrected chi connectivity index (χ3v) is 7.04. The molecule has 1 saturated heterocycles. The van der Waals surface area contributed by atoms with Crippen molar-refractivity contribution in [2.75, 3.05) is 12.4 Å². The van der Waals surface area contributed by atoms with Crippen molar-refractivity contribution >= 4 is 23.4 Å². The Kier molecular flexibility index (Phi) is 5.29. The number of rotatable bonds is 6. The average Bonchev–Trinajstić information content (AvgIpc) is 3.11. The van der Waals surface area contributed by atoms with Gasteiger partial charge in [-0.15, -0.1) is 0 Å². The van der Waals surface area contributed by atoms with Crippen molar-refractivity contribution in [3.8, 4) is 5.75 Å². The van der Waals surface area contributed by atoms with Crippen LogP contribution in [-0.2, 0) is 14.4 Å². The third kappa shape index (κ3) is 3.49. The van der Waals surface area contributed by atoms with Crippen LogP contribution in [0.5, 0.6) is 5.75 Å². The summed E-state index contributed by atoms with van der Waals surface area (Å²) in [5.74, 6) is -0.156. The minimum Gasteiger partial charge on any atom is -0.497 e. The molecule has 1 N–H and O–H groups in total. The summed E-state index contributed by atoms with van der Waals surface area (Å²) < 4.78 is 5.16. The smallest absolute Gasteiger partial charge is 0.234 e. The highest BCUT2D eigenvalue weighted by atomic mass is 16.5. The zero-order valence-electron chi connectivity index (χ0n) is 17.9. The number of hydrogen-bond donors (Lipinski definition) is 1. The predicted octanol–water partition coefficient (Wildman–Crippen LogP) is 3.96. The van der Waals surface area contributed by atoms with Crippen LogP contribution in [0.3, 0.4) is 0 Å². The number of anilines is 1. The molecule has 1 aliphatic heterocycles. The first-order valence-corrected chi connectivity index (χ1v) is 11.1. The zero-order valence-corrected chi connectivity index (χ0v) is 17.9. The highest BCUT2D eigenvalue weighted by Gasteiger charge is 2.58. The molecule has 2 bridgehead atoms. The number of allylic oxidation sites excluding steroid dienone is 2. The maximum Gasteiger partial charge on any atom is 0.234 e. The fourth-order valence-corrected chi connectivity index (χ4v) is 5.50. The van der Waals surface area contributed by atoms with Gasteiger partial charge in [-0.3, -0.25) is 19.3 Å². The molecule has 6 nitrogen and oxygen atoms in total. The summed E-state index contributed by atoms with van der Waals surface area (Å²) in [6.45, 7) is 0. The maximum atomic E-state index is 13.5. The second kappa shape index (κ2) is 8.26. The van der Waals surface area contributed by atoms with Gasteiger partial charge in [-0.25, -0.2) is 0 Å². The highest BCUT2D eigenvalue weighted by Crippen LogP contribution is 2.51. The van der Waals surface area contributed by atoms with Crippen LogP contribution < -0.4 is 10.1 Å². The lowest BCUT2D eigenvalue weighted by atomic mass is 9.63. The van der Waals surface area contributed by atoms with Crippen molar-refractivity contribution in [3.63, 3.8) is 0 Å². The Bertz CT molecular complexity index is 1030. The molecule has 164 valence electrons. The minimum absolute atomic E-state index is 0.00965. The average molecular weight is 431 g/mol. The van der Waals surface area contributed by atoms with E-state index in [9.17, 15) is 14.4 Å². The number of nitrogens with one attached hydrogen (secondary N) is 1. The number of ether oxygens (including phenoxy) is 1. The monoisotopic (exact) mass is 430 g/mol. The molecule has 32 heavy (non-hydrogen) atoms. The van der Waals surface area contributed by atoms with Gasteiger partial charge in [0.15, 0.2) is 0 Å². The van der Waals surface area contributed by atoms with E-state index in [4.69, 9.17) is 4.74 Å². The van der Waals surface area contributed by atoms with Crippen molar-refractivity contribution in [2.24, 2.45) is 23.7 Å². The van der Waals surface area contributed by atoms with Gasteiger partial charge in [0.1, 0.15) is 5.75 Å². The first kappa shape index (κ1) is 20.5. The third-order valence-electron chi connectivity index (χ3n) is 7.04. The molecule has 0 spiro atoms. The van der Waals surface area contributed by atoms with Crippen LogP contribution >= 0.6 is 0 Å². The second-order valence-electron chi connectivity index (χ2n) is 8.80. The van der Waals surface area contributed by atoms with E-state index < -0.39 is 6.04 Å². The molecular formula is C26H26N2O4. The van der Waals surface area contributed by atoms with Crippen molar-refractivity contribution < 1.29 is 19.1 Å². The Morgan fingerprint density at radius 3 is 2.09 bits per heavy atom. The van der Waals surface area contributed by atoms with E-state index in [0.717, 1.165) is 18.4 Å². The standard InChI is InChI=1S/C26H26N2O4/c1-32-20-13-11-19(12-14-20)27-22(29)15-21(16-5-3-2-4-6-16)28-25(30)23-17-7-8-18(10-9-17)24(23)26(28)31/h2-8,11-14,17-18,21,23-24H,9-10,15H2,1H3,(H,27,29)/t17-,18-,21-,23-,24+/m0/s1. The van der Waals surface area contributed by atoms with E-state index in [1.165, 1.54) is 4.90 Å². The Labute approximate surface area is 187 Å². The number of fused-ring (bicyclic) bond motifs is 1. The van der Waals surface area contributed by atoms with Crippen LogP contribution in [0.2, 0.25) is 0 Å². The van der Waals surface area contributed by atoms with Crippen LogP contribution in [0.4, 0.5) is 5.69 Å². The van der Waals surface area contributed by atoms with Gasteiger partial charge in [-0.2, -0.15) is 0 Å². The molecule has 1 saturated carbocycles. The molecule has 3 aliphatic carbocycles. The summed E-state index contributed by atoms with van der Waals surface area (Å²) in [6.07, 6.45) is 6.12. The summed E-state index contributed by atoms with van der Waals surface area (Å²) in [5, 5.41) is 2.88. The topological polar surface area (TPSA) is 75.7 Å². The van der Waals surface area contributed by atoms with Gasteiger partial charge in [0.25, 0.3) is 0 Å². The fourth-order valence-electron chi connectivity index (χ4n) is 5.50. The van der Waals surface area contributed by atoms with Crippen LogP contribution in [0, 0.1) is 23.7 Å². The lowest BCUT2D eigenvalue weighted by Crippen LogP contribution is -2.38. The molecule has 2 fully saturated rings. The molecule has 1 heterocycles. The maximum absolute atomic E-state index is 13.5. The highest BCUT2D eigenvalue weighted by molar-refractivity contribution is 6.07. The van der Waals surface area contributed by atoms with Crippen LogP contribution in [0.15, 0.2) is 66.7 Å². The minimum atomic E-state index is -0.626. The summed E-state index contributed by atoms with van der Waals surface area (Å²) >= 11 is 0. The van der Waals surface area contributed by atoms with Gasteiger partial charge in [0.05, 0.1) is 31.4 Å². The van der Waals surface area contributed by atoms with Gasteiger partial charge >= 0.3 is 0 Å². The number of benzene rings is 2. The molecule has 4 aliphatic rings. The van der Waals surface area contributed by atoms with Crippen molar-refractivity contribution in [1.82, 2.24) is 4.90 Å². The Morgan fingerprint density at radius 1 is 0.969 bits per heavy atom. The van der Waals surface area contributed by atoms with Crippen LogP contribution in [-0.4, -0.2) is 29.7 Å². The number of carbonyl (C=O) groups is 3. The van der Waals surface area contributed by atoms with Gasteiger partial charge in [0.2, 0.25) is 17.7 Å². The molecular weight excluding hydrogens is 404 g/mol. The van der Waals surface area contributed by atoms with E-state index in [-0.39, 0.29) is 47.8 Å². The number of imide groups is 1. The first-order valence-electron chi connectivity index (χ1n) is 11.1. The van der Waals surface area contributed by atoms with Crippen molar-refractivity contribution in [2.45, 2.75) is 25.3 Å². The molecule has 0 radical (unpaired) electrons. The molecule has 0 unspecified atom stereocenters. The van der Waals surface area contributed by atoms with Crippen LogP contribution in [0.25, 0.3) is 0 Å². The van der Waals surface area contributed by atoms with Gasteiger partial charge in [-0.05, 0) is 54.5 Å². The lowest BCUT2D eigenvalue weighted by molar-refractivity contribution is -0.143. The number of methoxy groups -OCH3 is 1. The normalized spacial score (nSPS) is 26.7. The molecule has 6 rings (SSSR count). The lowest BCUT2D eigenvalue weighted by Gasteiger charge is -2.38. The quantitative estimate of drug-likeness (QED) is 0.556. The largest absolute Gasteiger partial charge is 0.497 e. The number of hydrogen-bond acceptors (Lipinski definition) is 4. The van der Waals surface area contributed by atoms with Gasteiger partial charge in [-0.1, -0.05) is 42.5 Å². The van der Waals surface area contributed by atoms with E-state index in [0.29, 0.717) is 11.4 Å². The summed E-state index contributed by atoms with van der Waals surface area (Å²) in [5.41, 5.74) is 1.43. The molecule has 5 atom stereocenters. The number of likely N-dealkylation sites (tertiary alicyclic amines) is 1. The Hall–Kier alpha value is -3.41. The van der Waals surface area contributed by atoms with E-state index in [2.05, 4.69) is 17.5 Å². The van der Waals surface area contributed by atoms with Crippen LogP contribution in [0.1, 0.15) is 30.9 Å². The van der Waals surface area contributed by atoms with Crippen molar-refractivity contribution in [3.05, 3.63) is 72.3 Å². The summed E-state index contributed by atoms with van der Waals surface area (Å²) in [7, 11) is 1.58. The van der Waals surface area contributed by atoms with Crippen molar-refractivity contribution in [1.29, 1.82) is 0 Å². The number of nitrogens with zero attached hydrogens (tertiary/aromatic N) is 1. The van der Waals surface area contributed by atoms with E-state index >= 15 is 0 Å². The van der Waals surface area contributed by atoms with Gasteiger partial charge < -0.3 is 10.1 Å². The molecule has 3 amide bonds. The number of amides is 3.